The van der Waals surface area contributed by atoms with Gasteiger partial charge in [-0.05, 0) is 17.7 Å². The molecular weight excluding hydrogens is 280 g/mol. The van der Waals surface area contributed by atoms with Crippen molar-refractivity contribution in [3.63, 3.8) is 0 Å². The minimum Gasteiger partial charge on any atom is -0.467 e. The number of amides is 2. The first-order valence-electron chi connectivity index (χ1n) is 7.34. The molecule has 1 aliphatic rings. The molecule has 5 heteroatoms. The highest BCUT2D eigenvalue weighted by Crippen LogP contribution is 2.20. The van der Waals surface area contributed by atoms with Crippen LogP contribution in [0, 0.1) is 5.92 Å². The molecule has 1 aromatic carbocycles. The van der Waals surface area contributed by atoms with E-state index in [1.54, 1.807) is 17.2 Å². The Labute approximate surface area is 128 Å². The van der Waals surface area contributed by atoms with Crippen LogP contribution in [0.4, 0.5) is 0 Å². The van der Waals surface area contributed by atoms with Crippen LogP contribution in [0.5, 0.6) is 0 Å². The Kier molecular flexibility index (Phi) is 4.23. The molecule has 0 radical (unpaired) electrons. The Bertz CT molecular complexity index is 637. The van der Waals surface area contributed by atoms with E-state index >= 15 is 0 Å². The second-order valence-electron chi connectivity index (χ2n) is 5.46. The third kappa shape index (κ3) is 3.36. The first-order chi connectivity index (χ1) is 10.7. The fourth-order valence-corrected chi connectivity index (χ4v) is 2.62. The molecule has 1 saturated heterocycles. The summed E-state index contributed by atoms with van der Waals surface area (Å²) in [5.41, 5.74) is 1.05. The van der Waals surface area contributed by atoms with Gasteiger partial charge in [-0.2, -0.15) is 0 Å². The molecule has 1 fully saturated rings. The topological polar surface area (TPSA) is 62.6 Å². The van der Waals surface area contributed by atoms with Crippen molar-refractivity contribution in [2.45, 2.75) is 19.5 Å². The van der Waals surface area contributed by atoms with Gasteiger partial charge in [-0.15, -0.1) is 0 Å². The molecule has 2 heterocycles. The quantitative estimate of drug-likeness (QED) is 0.917. The van der Waals surface area contributed by atoms with Crippen molar-refractivity contribution < 1.29 is 14.0 Å². The van der Waals surface area contributed by atoms with E-state index in [-0.39, 0.29) is 24.2 Å². The summed E-state index contributed by atoms with van der Waals surface area (Å²) in [6, 6.07) is 13.4. The van der Waals surface area contributed by atoms with Gasteiger partial charge in [-0.25, -0.2) is 0 Å². The molecule has 2 aromatic rings. The average molecular weight is 298 g/mol. The number of nitrogens with zero attached hydrogens (tertiary/aromatic N) is 1. The van der Waals surface area contributed by atoms with Crippen molar-refractivity contribution in [3.8, 4) is 0 Å². The number of carbonyl (C=O) groups is 2. The van der Waals surface area contributed by atoms with Gasteiger partial charge in [0.1, 0.15) is 5.76 Å². The molecule has 3 rings (SSSR count). The maximum Gasteiger partial charge on any atom is 0.225 e. The maximum absolute atomic E-state index is 12.2. The maximum atomic E-state index is 12.2. The Hall–Kier alpha value is -2.56. The summed E-state index contributed by atoms with van der Waals surface area (Å²) in [6.45, 7) is 1.36. The summed E-state index contributed by atoms with van der Waals surface area (Å²) in [6.07, 6.45) is 1.85. The lowest BCUT2D eigenvalue weighted by molar-refractivity contribution is -0.129. The monoisotopic (exact) mass is 298 g/mol. The van der Waals surface area contributed by atoms with Crippen molar-refractivity contribution in [2.75, 3.05) is 6.54 Å². The van der Waals surface area contributed by atoms with Crippen LogP contribution in [0.15, 0.2) is 53.1 Å². The molecule has 5 nitrogen and oxygen atoms in total. The van der Waals surface area contributed by atoms with E-state index < -0.39 is 0 Å². The number of likely N-dealkylation sites (tertiary alicyclic amines) is 1. The third-order valence-electron chi connectivity index (χ3n) is 3.82. The average Bonchev–Trinajstić information content (AvgIpc) is 3.17. The smallest absolute Gasteiger partial charge is 0.225 e. The second kappa shape index (κ2) is 6.47. The van der Waals surface area contributed by atoms with E-state index in [2.05, 4.69) is 5.32 Å². The molecule has 2 amide bonds. The second-order valence-corrected chi connectivity index (χ2v) is 5.46. The molecule has 1 unspecified atom stereocenters. The molecular formula is C17H18N2O3. The lowest BCUT2D eigenvalue weighted by Gasteiger charge is -2.15. The summed E-state index contributed by atoms with van der Waals surface area (Å²) >= 11 is 0. The van der Waals surface area contributed by atoms with Gasteiger partial charge in [-0.1, -0.05) is 30.3 Å². The Morgan fingerprint density at radius 2 is 2.05 bits per heavy atom. The number of benzene rings is 1. The van der Waals surface area contributed by atoms with Gasteiger partial charge < -0.3 is 14.6 Å². The van der Waals surface area contributed by atoms with Crippen LogP contribution in [-0.4, -0.2) is 23.3 Å². The first kappa shape index (κ1) is 14.4. The Morgan fingerprint density at radius 1 is 1.23 bits per heavy atom. The molecule has 114 valence electrons. The summed E-state index contributed by atoms with van der Waals surface area (Å²) in [7, 11) is 0. The highest BCUT2D eigenvalue weighted by molar-refractivity contribution is 5.89. The number of hydrogen-bond donors (Lipinski definition) is 1. The van der Waals surface area contributed by atoms with Crippen molar-refractivity contribution in [1.82, 2.24) is 10.2 Å². The molecule has 0 aliphatic carbocycles. The van der Waals surface area contributed by atoms with E-state index in [1.165, 1.54) is 0 Å². The lowest BCUT2D eigenvalue weighted by atomic mass is 10.1. The Morgan fingerprint density at radius 3 is 2.77 bits per heavy atom. The number of carbonyl (C=O) groups excluding carboxylic acids is 2. The molecule has 0 saturated carbocycles. The van der Waals surface area contributed by atoms with Crippen LogP contribution in [0.3, 0.4) is 0 Å². The van der Waals surface area contributed by atoms with Crippen LogP contribution >= 0.6 is 0 Å². The third-order valence-corrected chi connectivity index (χ3v) is 3.82. The normalized spacial score (nSPS) is 17.7. The van der Waals surface area contributed by atoms with E-state index in [0.717, 1.165) is 11.3 Å². The summed E-state index contributed by atoms with van der Waals surface area (Å²) < 4.78 is 5.25. The molecule has 22 heavy (non-hydrogen) atoms. The fraction of sp³-hybridized carbons (Fsp3) is 0.294. The van der Waals surface area contributed by atoms with Gasteiger partial charge in [-0.3, -0.25) is 9.59 Å². The number of hydrogen-bond acceptors (Lipinski definition) is 3. The van der Waals surface area contributed by atoms with Gasteiger partial charge in [0.05, 0.1) is 18.7 Å². The van der Waals surface area contributed by atoms with Gasteiger partial charge in [0.25, 0.3) is 0 Å². The summed E-state index contributed by atoms with van der Waals surface area (Å²) in [5.74, 6) is 0.375. The van der Waals surface area contributed by atoms with E-state index in [1.807, 2.05) is 36.4 Å². The van der Waals surface area contributed by atoms with E-state index in [0.29, 0.717) is 19.6 Å². The largest absolute Gasteiger partial charge is 0.467 e. The van der Waals surface area contributed by atoms with E-state index in [4.69, 9.17) is 4.42 Å². The summed E-state index contributed by atoms with van der Waals surface area (Å²) in [4.78, 5) is 25.9. The molecule has 0 spiro atoms. The highest BCUT2D eigenvalue weighted by atomic mass is 16.3. The first-order valence-corrected chi connectivity index (χ1v) is 7.34. The highest BCUT2D eigenvalue weighted by Gasteiger charge is 2.34. The van der Waals surface area contributed by atoms with E-state index in [9.17, 15) is 9.59 Å². The van der Waals surface area contributed by atoms with Gasteiger partial charge in [0.2, 0.25) is 11.8 Å². The van der Waals surface area contributed by atoms with Crippen molar-refractivity contribution in [1.29, 1.82) is 0 Å². The van der Waals surface area contributed by atoms with Crippen molar-refractivity contribution in [2.24, 2.45) is 5.92 Å². The number of nitrogens with one attached hydrogen (secondary N) is 1. The van der Waals surface area contributed by atoms with Gasteiger partial charge in [0, 0.05) is 19.5 Å². The van der Waals surface area contributed by atoms with Crippen LogP contribution in [0.1, 0.15) is 17.7 Å². The zero-order chi connectivity index (χ0) is 15.4. The predicted molar refractivity (Wildman–Crippen MR) is 80.5 cm³/mol. The molecule has 1 atom stereocenters. The molecule has 1 aromatic heterocycles. The number of furan rings is 1. The predicted octanol–water partition coefficient (Wildman–Crippen LogP) is 1.94. The molecule has 1 aliphatic heterocycles. The number of rotatable bonds is 5. The minimum absolute atomic E-state index is 0.00346. The lowest BCUT2D eigenvalue weighted by Crippen LogP contribution is -2.32. The molecule has 1 N–H and O–H groups in total. The molecule has 0 bridgehead atoms. The Balaban J connectivity index is 1.52. The zero-order valence-corrected chi connectivity index (χ0v) is 12.2. The minimum atomic E-state index is -0.286. The van der Waals surface area contributed by atoms with Crippen LogP contribution in [0.2, 0.25) is 0 Å². The van der Waals surface area contributed by atoms with Crippen molar-refractivity contribution >= 4 is 11.8 Å². The SMILES string of the molecule is O=C(NCc1ccccc1)C1CC(=O)N(Cc2ccco2)C1. The van der Waals surface area contributed by atoms with Crippen LogP contribution < -0.4 is 5.32 Å². The zero-order valence-electron chi connectivity index (χ0n) is 12.2. The van der Waals surface area contributed by atoms with Crippen LogP contribution in [0.25, 0.3) is 0 Å². The van der Waals surface area contributed by atoms with Gasteiger partial charge in [0.15, 0.2) is 0 Å². The standard InChI is InChI=1S/C17H18N2O3/c20-16-9-14(11-19(16)12-15-7-4-8-22-15)17(21)18-10-13-5-2-1-3-6-13/h1-8,14H,9-12H2,(H,18,21). The fourth-order valence-electron chi connectivity index (χ4n) is 2.62. The summed E-state index contributed by atoms with van der Waals surface area (Å²) in [5, 5.41) is 2.90. The van der Waals surface area contributed by atoms with Crippen LogP contribution in [-0.2, 0) is 22.7 Å². The van der Waals surface area contributed by atoms with Crippen molar-refractivity contribution in [3.05, 3.63) is 60.1 Å². The van der Waals surface area contributed by atoms with Gasteiger partial charge >= 0.3 is 0 Å².